The van der Waals surface area contributed by atoms with E-state index in [1.54, 1.807) is 11.3 Å². The second-order valence-electron chi connectivity index (χ2n) is 7.52. The number of nitrogens with zero attached hydrogens (tertiary/aromatic N) is 3. The largest absolute Gasteiger partial charge is 0.348 e. The highest BCUT2D eigenvalue weighted by Gasteiger charge is 2.21. The molecule has 1 N–H and O–H groups in total. The van der Waals surface area contributed by atoms with Crippen molar-refractivity contribution in [2.24, 2.45) is 0 Å². The van der Waals surface area contributed by atoms with Gasteiger partial charge in [-0.25, -0.2) is 4.98 Å². The number of hydrogen-bond acceptors (Lipinski definition) is 5. The average Bonchev–Trinajstić information content (AvgIpc) is 3.41. The predicted octanol–water partition coefficient (Wildman–Crippen LogP) is 3.46. The van der Waals surface area contributed by atoms with Crippen LogP contribution in [-0.2, 0) is 0 Å². The average molecular weight is 404 g/mol. The molecule has 0 radical (unpaired) electrons. The number of imidazole rings is 1. The van der Waals surface area contributed by atoms with E-state index in [9.17, 15) is 9.59 Å². The van der Waals surface area contributed by atoms with E-state index in [4.69, 9.17) is 4.98 Å². The molecule has 2 aromatic heterocycles. The van der Waals surface area contributed by atoms with Crippen molar-refractivity contribution in [3.05, 3.63) is 59.8 Å². The number of aromatic nitrogens is 2. The van der Waals surface area contributed by atoms with Crippen LogP contribution in [0.1, 0.15) is 27.1 Å². The topological polar surface area (TPSA) is 66.7 Å². The summed E-state index contributed by atoms with van der Waals surface area (Å²) in [6, 6.07) is 13.5. The number of carbonyl (C=O) groups is 2. The van der Waals surface area contributed by atoms with E-state index >= 15 is 0 Å². The van der Waals surface area contributed by atoms with Crippen LogP contribution in [0.4, 0.5) is 0 Å². The van der Waals surface area contributed by atoms with Gasteiger partial charge in [0.25, 0.3) is 5.91 Å². The molecule has 5 rings (SSSR count). The normalized spacial score (nSPS) is 17.2. The molecule has 2 aromatic carbocycles. The first-order valence-corrected chi connectivity index (χ1v) is 10.4. The van der Waals surface area contributed by atoms with Crippen LogP contribution >= 0.6 is 11.3 Å². The molecule has 7 heteroatoms. The van der Waals surface area contributed by atoms with Crippen LogP contribution in [-0.4, -0.2) is 52.7 Å². The SMILES string of the molecule is CN1CCC(NC(=O)c2ccc(-c3cn4c(n3)sc3cc(C=O)ccc34)cc2)C1. The number of thiazole rings is 1. The number of likely N-dealkylation sites (N-methyl/N-ethyl adjacent to an activating group) is 1. The third-order valence-electron chi connectivity index (χ3n) is 5.42. The standard InChI is InChI=1S/C22H20N4O2S/c1-25-9-8-17(11-25)23-21(28)16-5-3-15(4-6-16)18-12-26-19-7-2-14(13-27)10-20(19)29-22(26)24-18/h2-7,10,12-13,17H,8-9,11H2,1H3,(H,23,28). The zero-order valence-electron chi connectivity index (χ0n) is 16.0. The number of fused-ring (bicyclic) bond motifs is 3. The minimum atomic E-state index is -0.0281. The fraction of sp³-hybridized carbons (Fsp3) is 0.227. The van der Waals surface area contributed by atoms with Crippen molar-refractivity contribution in [2.45, 2.75) is 12.5 Å². The molecule has 1 fully saturated rings. The lowest BCUT2D eigenvalue weighted by molar-refractivity contribution is 0.0938. The summed E-state index contributed by atoms with van der Waals surface area (Å²) in [7, 11) is 2.07. The molecule has 6 nitrogen and oxygen atoms in total. The quantitative estimate of drug-likeness (QED) is 0.529. The molecule has 29 heavy (non-hydrogen) atoms. The number of rotatable bonds is 4. The lowest BCUT2D eigenvalue weighted by Crippen LogP contribution is -2.36. The molecule has 0 aliphatic carbocycles. The van der Waals surface area contributed by atoms with E-state index < -0.39 is 0 Å². The van der Waals surface area contributed by atoms with Crippen molar-refractivity contribution in [1.29, 1.82) is 0 Å². The molecular weight excluding hydrogens is 384 g/mol. The Balaban J connectivity index is 1.38. The Bertz CT molecular complexity index is 1230. The number of benzene rings is 2. The van der Waals surface area contributed by atoms with Gasteiger partial charge in [0.15, 0.2) is 4.96 Å². The van der Waals surface area contributed by atoms with Crippen molar-refractivity contribution >= 4 is 38.7 Å². The molecule has 146 valence electrons. The summed E-state index contributed by atoms with van der Waals surface area (Å²) in [5.74, 6) is -0.0281. The molecule has 1 saturated heterocycles. The highest BCUT2D eigenvalue weighted by molar-refractivity contribution is 7.23. The summed E-state index contributed by atoms with van der Waals surface area (Å²) < 4.78 is 3.08. The molecule has 1 aliphatic rings. The van der Waals surface area contributed by atoms with Gasteiger partial charge in [-0.05, 0) is 50.3 Å². The maximum atomic E-state index is 12.5. The van der Waals surface area contributed by atoms with Gasteiger partial charge in [0.1, 0.15) is 6.29 Å². The summed E-state index contributed by atoms with van der Waals surface area (Å²) in [4.78, 5) is 31.3. The first-order chi connectivity index (χ1) is 14.1. The Morgan fingerprint density at radius 2 is 2.07 bits per heavy atom. The molecule has 1 atom stereocenters. The monoisotopic (exact) mass is 404 g/mol. The number of amides is 1. The van der Waals surface area contributed by atoms with E-state index in [1.807, 2.05) is 53.1 Å². The van der Waals surface area contributed by atoms with Crippen LogP contribution < -0.4 is 5.32 Å². The zero-order valence-corrected chi connectivity index (χ0v) is 16.8. The van der Waals surface area contributed by atoms with Gasteiger partial charge in [-0.3, -0.25) is 14.0 Å². The fourth-order valence-corrected chi connectivity index (χ4v) is 4.90. The summed E-state index contributed by atoms with van der Waals surface area (Å²) in [5, 5.41) is 3.11. The summed E-state index contributed by atoms with van der Waals surface area (Å²) in [6.07, 6.45) is 3.85. The number of likely N-dealkylation sites (tertiary alicyclic amines) is 1. The molecule has 1 unspecified atom stereocenters. The van der Waals surface area contributed by atoms with Gasteiger partial charge in [-0.2, -0.15) is 0 Å². The molecule has 4 aromatic rings. The number of carbonyl (C=O) groups excluding carboxylic acids is 2. The van der Waals surface area contributed by atoms with E-state index in [1.165, 1.54) is 0 Å². The first kappa shape index (κ1) is 18.0. The van der Waals surface area contributed by atoms with Crippen molar-refractivity contribution in [2.75, 3.05) is 20.1 Å². The summed E-state index contributed by atoms with van der Waals surface area (Å²) in [5.41, 5.74) is 4.20. The molecule has 0 saturated carbocycles. The van der Waals surface area contributed by atoms with E-state index in [0.717, 1.165) is 52.2 Å². The molecule has 3 heterocycles. The maximum Gasteiger partial charge on any atom is 0.251 e. The summed E-state index contributed by atoms with van der Waals surface area (Å²) in [6.45, 7) is 1.92. The Kier molecular flexibility index (Phi) is 4.41. The maximum absolute atomic E-state index is 12.5. The second kappa shape index (κ2) is 7.09. The Hall–Kier alpha value is -3.03. The van der Waals surface area contributed by atoms with E-state index in [-0.39, 0.29) is 11.9 Å². The number of hydrogen-bond donors (Lipinski definition) is 1. The van der Waals surface area contributed by atoms with Gasteiger partial charge in [-0.1, -0.05) is 23.5 Å². The zero-order chi connectivity index (χ0) is 20.0. The molecule has 1 aliphatic heterocycles. The van der Waals surface area contributed by atoms with Crippen LogP contribution in [0.25, 0.3) is 26.4 Å². The Morgan fingerprint density at radius 3 is 2.79 bits per heavy atom. The Morgan fingerprint density at radius 1 is 1.24 bits per heavy atom. The minimum Gasteiger partial charge on any atom is -0.348 e. The third-order valence-corrected chi connectivity index (χ3v) is 6.44. The van der Waals surface area contributed by atoms with Crippen molar-refractivity contribution in [1.82, 2.24) is 19.6 Å². The molecular formula is C22H20N4O2S. The van der Waals surface area contributed by atoms with Crippen molar-refractivity contribution in [3.63, 3.8) is 0 Å². The van der Waals surface area contributed by atoms with Crippen LogP contribution in [0.3, 0.4) is 0 Å². The van der Waals surface area contributed by atoms with Crippen LogP contribution in [0.15, 0.2) is 48.7 Å². The summed E-state index contributed by atoms with van der Waals surface area (Å²) >= 11 is 1.56. The number of aldehydes is 1. The highest BCUT2D eigenvalue weighted by atomic mass is 32.1. The van der Waals surface area contributed by atoms with E-state index in [0.29, 0.717) is 11.1 Å². The van der Waals surface area contributed by atoms with Gasteiger partial charge in [-0.15, -0.1) is 0 Å². The van der Waals surface area contributed by atoms with Crippen LogP contribution in [0.5, 0.6) is 0 Å². The van der Waals surface area contributed by atoms with Crippen molar-refractivity contribution in [3.8, 4) is 11.3 Å². The minimum absolute atomic E-state index is 0.0281. The molecule has 0 bridgehead atoms. The van der Waals surface area contributed by atoms with Gasteiger partial charge in [0, 0.05) is 35.5 Å². The van der Waals surface area contributed by atoms with E-state index in [2.05, 4.69) is 17.3 Å². The van der Waals surface area contributed by atoms with Gasteiger partial charge in [0.2, 0.25) is 0 Å². The fourth-order valence-electron chi connectivity index (χ4n) is 3.84. The van der Waals surface area contributed by atoms with Gasteiger partial charge in [0.05, 0.1) is 15.9 Å². The van der Waals surface area contributed by atoms with Gasteiger partial charge >= 0.3 is 0 Å². The number of nitrogens with one attached hydrogen (secondary N) is 1. The predicted molar refractivity (Wildman–Crippen MR) is 115 cm³/mol. The molecule has 0 spiro atoms. The van der Waals surface area contributed by atoms with Crippen molar-refractivity contribution < 1.29 is 9.59 Å². The first-order valence-electron chi connectivity index (χ1n) is 9.57. The van der Waals surface area contributed by atoms with Gasteiger partial charge < -0.3 is 10.2 Å². The lowest BCUT2D eigenvalue weighted by atomic mass is 10.1. The Labute approximate surface area is 171 Å². The van der Waals surface area contributed by atoms with Crippen LogP contribution in [0, 0.1) is 0 Å². The van der Waals surface area contributed by atoms with Crippen LogP contribution in [0.2, 0.25) is 0 Å². The highest BCUT2D eigenvalue weighted by Crippen LogP contribution is 2.30. The lowest BCUT2D eigenvalue weighted by Gasteiger charge is -2.13. The smallest absolute Gasteiger partial charge is 0.251 e. The second-order valence-corrected chi connectivity index (χ2v) is 8.53. The molecule has 1 amide bonds. The third kappa shape index (κ3) is 3.32.